The van der Waals surface area contributed by atoms with Gasteiger partial charge in [-0.25, -0.2) is 9.37 Å². The summed E-state index contributed by atoms with van der Waals surface area (Å²) in [6.07, 6.45) is 0. The molecule has 4 heteroatoms. The second kappa shape index (κ2) is 6.93. The second-order valence-electron chi connectivity index (χ2n) is 7.50. The molecule has 4 aromatic carbocycles. The van der Waals surface area contributed by atoms with Crippen LogP contribution in [-0.4, -0.2) is 4.98 Å². The van der Waals surface area contributed by atoms with Gasteiger partial charge in [-0.1, -0.05) is 54.1 Å². The first-order valence-corrected chi connectivity index (χ1v) is 10.3. The molecule has 6 aromatic rings. The molecular weight excluding hydrogens is 409 g/mol. The van der Waals surface area contributed by atoms with E-state index in [1.165, 1.54) is 12.1 Å². The lowest BCUT2D eigenvalue weighted by atomic mass is 9.97. The molecule has 0 saturated heterocycles. The number of para-hydroxylation sites is 1. The molecule has 0 aliphatic rings. The van der Waals surface area contributed by atoms with Gasteiger partial charge in [-0.3, -0.25) is 0 Å². The summed E-state index contributed by atoms with van der Waals surface area (Å²) in [5.41, 5.74) is 6.05. The summed E-state index contributed by atoms with van der Waals surface area (Å²) in [7, 11) is 0. The first-order chi connectivity index (χ1) is 15.2. The Kier molecular flexibility index (Phi) is 4.05. The lowest BCUT2D eigenvalue weighted by Crippen LogP contribution is -1.91. The molecule has 6 rings (SSSR count). The van der Waals surface area contributed by atoms with Gasteiger partial charge in [-0.05, 0) is 59.7 Å². The third-order valence-corrected chi connectivity index (χ3v) is 5.86. The van der Waals surface area contributed by atoms with Gasteiger partial charge in [0.05, 0.1) is 16.6 Å². The van der Waals surface area contributed by atoms with E-state index in [0.29, 0.717) is 5.02 Å². The molecule has 0 atom stereocenters. The Balaban J connectivity index is 1.73. The molecular formula is C27H15ClFNO. The molecule has 0 fully saturated rings. The predicted molar refractivity (Wildman–Crippen MR) is 125 cm³/mol. The number of furan rings is 1. The molecule has 0 bridgehead atoms. The fraction of sp³-hybridized carbons (Fsp3) is 0. The maximum Gasteiger partial charge on any atom is 0.145 e. The van der Waals surface area contributed by atoms with Gasteiger partial charge in [-0.15, -0.1) is 0 Å². The minimum Gasteiger partial charge on any atom is -0.455 e. The van der Waals surface area contributed by atoms with Crippen LogP contribution >= 0.6 is 11.6 Å². The highest BCUT2D eigenvalue weighted by Crippen LogP contribution is 2.40. The van der Waals surface area contributed by atoms with E-state index in [1.807, 2.05) is 54.6 Å². The van der Waals surface area contributed by atoms with E-state index in [9.17, 15) is 4.39 Å². The number of hydrogen-bond acceptors (Lipinski definition) is 2. The van der Waals surface area contributed by atoms with Crippen molar-refractivity contribution < 1.29 is 8.81 Å². The number of halogens is 2. The highest BCUT2D eigenvalue weighted by Gasteiger charge is 2.17. The maximum absolute atomic E-state index is 13.6. The molecule has 148 valence electrons. The number of hydrogen-bond donors (Lipinski definition) is 0. The smallest absolute Gasteiger partial charge is 0.145 e. The van der Waals surface area contributed by atoms with Crippen molar-refractivity contribution in [1.29, 1.82) is 0 Å². The minimum atomic E-state index is -0.270. The number of fused-ring (bicyclic) bond motifs is 5. The standard InChI is InChI=1S/C27H15ClFNO/c28-18-9-5-17(6-10-18)24-15-22(16-7-11-19(29)12-8-16)26-23(30-24)14-13-21-20-3-1-2-4-25(20)31-27(21)26/h1-15H. The summed E-state index contributed by atoms with van der Waals surface area (Å²) in [6.45, 7) is 0. The van der Waals surface area contributed by atoms with Crippen molar-refractivity contribution in [2.24, 2.45) is 0 Å². The van der Waals surface area contributed by atoms with Gasteiger partial charge in [0.2, 0.25) is 0 Å². The summed E-state index contributed by atoms with van der Waals surface area (Å²) in [4.78, 5) is 4.92. The van der Waals surface area contributed by atoms with E-state index >= 15 is 0 Å². The minimum absolute atomic E-state index is 0.270. The van der Waals surface area contributed by atoms with Gasteiger partial charge in [0.1, 0.15) is 17.0 Å². The molecule has 0 amide bonds. The number of aromatic nitrogens is 1. The van der Waals surface area contributed by atoms with Crippen molar-refractivity contribution in [1.82, 2.24) is 4.98 Å². The van der Waals surface area contributed by atoms with Crippen LogP contribution in [0.3, 0.4) is 0 Å². The second-order valence-corrected chi connectivity index (χ2v) is 7.94. The van der Waals surface area contributed by atoms with Crippen molar-refractivity contribution in [3.63, 3.8) is 0 Å². The average molecular weight is 424 g/mol. The molecule has 0 aliphatic heterocycles. The third kappa shape index (κ3) is 2.97. The molecule has 0 unspecified atom stereocenters. The Bertz CT molecular complexity index is 1580. The first-order valence-electron chi connectivity index (χ1n) is 9.94. The summed E-state index contributed by atoms with van der Waals surface area (Å²) < 4.78 is 19.9. The van der Waals surface area contributed by atoms with Crippen LogP contribution in [0.2, 0.25) is 5.02 Å². The van der Waals surface area contributed by atoms with Crippen LogP contribution in [0, 0.1) is 5.82 Å². The van der Waals surface area contributed by atoms with Crippen LogP contribution in [0.1, 0.15) is 0 Å². The predicted octanol–water partition coefficient (Wildman–Crippen LogP) is 8.26. The summed E-state index contributed by atoms with van der Waals surface area (Å²) in [6, 6.07) is 28.2. The van der Waals surface area contributed by atoms with Gasteiger partial charge in [0, 0.05) is 21.4 Å². The van der Waals surface area contributed by atoms with Crippen molar-refractivity contribution in [3.05, 3.63) is 102 Å². The first kappa shape index (κ1) is 18.1. The maximum atomic E-state index is 13.6. The van der Waals surface area contributed by atoms with Gasteiger partial charge >= 0.3 is 0 Å². The lowest BCUT2D eigenvalue weighted by Gasteiger charge is -2.11. The van der Waals surface area contributed by atoms with E-state index in [4.69, 9.17) is 21.0 Å². The molecule has 31 heavy (non-hydrogen) atoms. The summed E-state index contributed by atoms with van der Waals surface area (Å²) in [5, 5.41) is 3.68. The van der Waals surface area contributed by atoms with Gasteiger partial charge < -0.3 is 4.42 Å². The molecule has 0 radical (unpaired) electrons. The number of benzene rings is 4. The number of nitrogens with zero attached hydrogens (tertiary/aromatic N) is 1. The Hall–Kier alpha value is -3.69. The molecule has 2 heterocycles. The van der Waals surface area contributed by atoms with Crippen LogP contribution in [0.25, 0.3) is 55.2 Å². The molecule has 0 saturated carbocycles. The normalized spacial score (nSPS) is 11.5. The van der Waals surface area contributed by atoms with Crippen LogP contribution in [0.15, 0.2) is 95.4 Å². The zero-order valence-corrected chi connectivity index (χ0v) is 17.0. The molecule has 0 spiro atoms. The van der Waals surface area contributed by atoms with Gasteiger partial charge in [0.25, 0.3) is 0 Å². The number of rotatable bonds is 2. The highest BCUT2D eigenvalue weighted by atomic mass is 35.5. The highest BCUT2D eigenvalue weighted by molar-refractivity contribution is 6.30. The van der Waals surface area contributed by atoms with E-state index < -0.39 is 0 Å². The summed E-state index contributed by atoms with van der Waals surface area (Å²) >= 11 is 6.07. The molecule has 2 aromatic heterocycles. The van der Waals surface area contributed by atoms with Crippen LogP contribution in [0.5, 0.6) is 0 Å². The lowest BCUT2D eigenvalue weighted by molar-refractivity contribution is 0.628. The van der Waals surface area contributed by atoms with E-state index in [-0.39, 0.29) is 5.82 Å². The van der Waals surface area contributed by atoms with Crippen molar-refractivity contribution in [3.8, 4) is 22.4 Å². The number of pyridine rings is 1. The zero-order chi connectivity index (χ0) is 20.9. The summed E-state index contributed by atoms with van der Waals surface area (Å²) in [5.74, 6) is -0.270. The largest absolute Gasteiger partial charge is 0.455 e. The fourth-order valence-electron chi connectivity index (χ4n) is 4.13. The van der Waals surface area contributed by atoms with E-state index in [0.717, 1.165) is 55.2 Å². The SMILES string of the molecule is Fc1ccc(-c2cc(-c3ccc(Cl)cc3)nc3ccc4c5ccccc5oc4c23)cc1. The third-order valence-electron chi connectivity index (χ3n) is 5.61. The van der Waals surface area contributed by atoms with Gasteiger partial charge in [-0.2, -0.15) is 0 Å². The van der Waals surface area contributed by atoms with E-state index in [1.54, 1.807) is 12.1 Å². The Morgan fingerprint density at radius 1 is 0.742 bits per heavy atom. The Labute approximate surface area is 182 Å². The van der Waals surface area contributed by atoms with Gasteiger partial charge in [0.15, 0.2) is 0 Å². The van der Waals surface area contributed by atoms with Crippen molar-refractivity contribution >= 4 is 44.4 Å². The van der Waals surface area contributed by atoms with Crippen LogP contribution in [0.4, 0.5) is 4.39 Å². The van der Waals surface area contributed by atoms with E-state index in [2.05, 4.69) is 12.1 Å². The zero-order valence-electron chi connectivity index (χ0n) is 16.3. The fourth-order valence-corrected chi connectivity index (χ4v) is 4.25. The Morgan fingerprint density at radius 3 is 2.29 bits per heavy atom. The molecule has 0 aliphatic carbocycles. The molecule has 2 nitrogen and oxygen atoms in total. The monoisotopic (exact) mass is 423 g/mol. The Morgan fingerprint density at radius 2 is 1.48 bits per heavy atom. The van der Waals surface area contributed by atoms with Crippen molar-refractivity contribution in [2.75, 3.05) is 0 Å². The van der Waals surface area contributed by atoms with Crippen molar-refractivity contribution in [2.45, 2.75) is 0 Å². The van der Waals surface area contributed by atoms with Crippen LogP contribution < -0.4 is 0 Å². The molecule has 0 N–H and O–H groups in total. The average Bonchev–Trinajstić information content (AvgIpc) is 3.18. The quantitative estimate of drug-likeness (QED) is 0.280. The van der Waals surface area contributed by atoms with Crippen LogP contribution in [-0.2, 0) is 0 Å². The topological polar surface area (TPSA) is 26.0 Å².